The first kappa shape index (κ1) is 20.3. The summed E-state index contributed by atoms with van der Waals surface area (Å²) in [7, 11) is 1.82. The van der Waals surface area contributed by atoms with E-state index in [-0.39, 0.29) is 18.0 Å². The first-order valence-electron chi connectivity index (χ1n) is 11.2. The van der Waals surface area contributed by atoms with Crippen molar-refractivity contribution in [2.75, 3.05) is 11.9 Å². The Morgan fingerprint density at radius 2 is 1.28 bits per heavy atom. The molecule has 4 heteroatoms. The van der Waals surface area contributed by atoms with Crippen molar-refractivity contribution < 1.29 is 9.59 Å². The highest BCUT2D eigenvalue weighted by atomic mass is 16.2. The van der Waals surface area contributed by atoms with Gasteiger partial charge in [-0.25, -0.2) is 9.69 Å². The largest absolute Gasteiger partial charge is 0.331 e. The number of anilines is 1. The monoisotopic (exact) mass is 422 g/mol. The molecule has 0 bridgehead atoms. The van der Waals surface area contributed by atoms with Crippen LogP contribution in [0.5, 0.6) is 0 Å². The smallest absolute Gasteiger partial charge is 0.324 e. The second-order valence-electron chi connectivity index (χ2n) is 8.57. The fourth-order valence-electron chi connectivity index (χ4n) is 4.69. The lowest BCUT2D eigenvalue weighted by Crippen LogP contribution is -2.48. The molecule has 0 spiro atoms. The Morgan fingerprint density at radius 1 is 0.719 bits per heavy atom. The molecule has 0 aromatic heterocycles. The van der Waals surface area contributed by atoms with E-state index in [1.54, 1.807) is 4.90 Å². The van der Waals surface area contributed by atoms with Gasteiger partial charge in [0.15, 0.2) is 0 Å². The van der Waals surface area contributed by atoms with Crippen LogP contribution in [-0.2, 0) is 0 Å². The van der Waals surface area contributed by atoms with Gasteiger partial charge >= 0.3 is 6.03 Å². The van der Waals surface area contributed by atoms with Gasteiger partial charge in [0, 0.05) is 18.7 Å². The Morgan fingerprint density at radius 3 is 1.94 bits per heavy atom. The van der Waals surface area contributed by atoms with E-state index in [2.05, 4.69) is 0 Å². The summed E-state index contributed by atoms with van der Waals surface area (Å²) in [5, 5.41) is 4.12. The zero-order valence-electron chi connectivity index (χ0n) is 18.2. The normalized spacial score (nSPS) is 14.0. The average molecular weight is 423 g/mol. The molecule has 1 saturated carbocycles. The molecule has 0 heterocycles. The van der Waals surface area contributed by atoms with Gasteiger partial charge in [0.2, 0.25) is 0 Å². The number of urea groups is 1. The molecule has 0 aliphatic heterocycles. The third-order valence-electron chi connectivity index (χ3n) is 6.56. The molecule has 1 aliphatic carbocycles. The van der Waals surface area contributed by atoms with Gasteiger partial charge in [0.1, 0.15) is 0 Å². The van der Waals surface area contributed by atoms with E-state index in [9.17, 15) is 9.59 Å². The van der Waals surface area contributed by atoms with Crippen LogP contribution in [0.4, 0.5) is 10.5 Å². The minimum atomic E-state index is -0.305. The van der Waals surface area contributed by atoms with Crippen molar-refractivity contribution in [3.05, 3.63) is 90.5 Å². The van der Waals surface area contributed by atoms with Crippen molar-refractivity contribution in [2.24, 2.45) is 0 Å². The van der Waals surface area contributed by atoms with Crippen molar-refractivity contribution in [1.29, 1.82) is 0 Å². The summed E-state index contributed by atoms with van der Waals surface area (Å²) in [6.07, 6.45) is 4.21. The number of hydrogen-bond acceptors (Lipinski definition) is 2. The highest BCUT2D eigenvalue weighted by Gasteiger charge is 2.32. The number of imide groups is 1. The summed E-state index contributed by atoms with van der Waals surface area (Å²) in [6.45, 7) is 0. The van der Waals surface area contributed by atoms with Gasteiger partial charge in [-0.2, -0.15) is 0 Å². The first-order valence-corrected chi connectivity index (χ1v) is 11.2. The minimum absolute atomic E-state index is 0.176. The lowest BCUT2D eigenvalue weighted by atomic mass is 10.1. The van der Waals surface area contributed by atoms with Crippen molar-refractivity contribution in [3.63, 3.8) is 0 Å². The van der Waals surface area contributed by atoms with Crippen molar-refractivity contribution >= 4 is 39.2 Å². The Kier molecular flexibility index (Phi) is 5.36. The second-order valence-corrected chi connectivity index (χ2v) is 8.57. The molecule has 4 aromatic rings. The quantitative estimate of drug-likeness (QED) is 0.372. The third-order valence-corrected chi connectivity index (χ3v) is 6.56. The number of fused-ring (bicyclic) bond motifs is 2. The zero-order chi connectivity index (χ0) is 22.1. The van der Waals surface area contributed by atoms with Crippen LogP contribution in [0.15, 0.2) is 84.9 Å². The van der Waals surface area contributed by atoms with Crippen LogP contribution < -0.4 is 4.90 Å². The van der Waals surface area contributed by atoms with E-state index >= 15 is 0 Å². The number of nitrogens with zero attached hydrogens (tertiary/aromatic N) is 2. The summed E-state index contributed by atoms with van der Waals surface area (Å²) in [4.78, 5) is 30.5. The van der Waals surface area contributed by atoms with Crippen LogP contribution in [0.25, 0.3) is 21.5 Å². The van der Waals surface area contributed by atoms with E-state index < -0.39 is 0 Å². The van der Waals surface area contributed by atoms with Crippen LogP contribution >= 0.6 is 0 Å². The maximum absolute atomic E-state index is 13.8. The van der Waals surface area contributed by atoms with Crippen molar-refractivity contribution in [3.8, 4) is 0 Å². The Bertz CT molecular complexity index is 1310. The van der Waals surface area contributed by atoms with Gasteiger partial charge in [-0.15, -0.1) is 0 Å². The SMILES string of the molecule is CN(C(=O)N(C(=O)c1ccc2ccccc2c1)c1ccc2ccccc2c1)C1CCCC1. The van der Waals surface area contributed by atoms with Crippen LogP contribution in [-0.4, -0.2) is 29.9 Å². The fraction of sp³-hybridized carbons (Fsp3) is 0.214. The predicted octanol–water partition coefficient (Wildman–Crippen LogP) is 6.63. The topological polar surface area (TPSA) is 40.6 Å². The summed E-state index contributed by atoms with van der Waals surface area (Å²) in [5.74, 6) is -0.305. The van der Waals surface area contributed by atoms with E-state index in [0.717, 1.165) is 47.2 Å². The molecule has 0 unspecified atom stereocenters. The molecule has 4 aromatic carbocycles. The van der Waals surface area contributed by atoms with Gasteiger partial charge in [-0.05, 0) is 58.7 Å². The standard InChI is InChI=1S/C28H26N2O2/c1-29(25-12-6-7-13-25)28(32)30(26-17-16-21-9-3-5-11-23(21)19-26)27(31)24-15-14-20-8-2-4-10-22(20)18-24/h2-5,8-11,14-19,25H,6-7,12-13H2,1H3. The molecule has 0 atom stereocenters. The van der Waals surface area contributed by atoms with Crippen LogP contribution in [0.2, 0.25) is 0 Å². The summed E-state index contributed by atoms with van der Waals surface area (Å²) < 4.78 is 0. The van der Waals surface area contributed by atoms with Crippen LogP contribution in [0.1, 0.15) is 36.0 Å². The lowest BCUT2D eigenvalue weighted by molar-refractivity contribution is 0.0984. The van der Waals surface area contributed by atoms with Crippen LogP contribution in [0.3, 0.4) is 0 Å². The van der Waals surface area contributed by atoms with E-state index in [1.807, 2.05) is 92.0 Å². The van der Waals surface area contributed by atoms with Gasteiger partial charge in [0.25, 0.3) is 5.91 Å². The van der Waals surface area contributed by atoms with E-state index in [0.29, 0.717) is 11.3 Å². The van der Waals surface area contributed by atoms with E-state index in [4.69, 9.17) is 0 Å². The Labute approximate surface area is 188 Å². The van der Waals surface area contributed by atoms with Gasteiger partial charge in [-0.3, -0.25) is 4.79 Å². The molecule has 0 saturated heterocycles. The Balaban J connectivity index is 1.58. The summed E-state index contributed by atoms with van der Waals surface area (Å²) in [5.41, 5.74) is 1.10. The number of rotatable bonds is 3. The summed E-state index contributed by atoms with van der Waals surface area (Å²) >= 11 is 0. The van der Waals surface area contributed by atoms with Crippen molar-refractivity contribution in [1.82, 2.24) is 4.90 Å². The molecule has 4 nitrogen and oxygen atoms in total. The number of hydrogen-bond donors (Lipinski definition) is 0. The van der Waals surface area contributed by atoms with Crippen molar-refractivity contribution in [2.45, 2.75) is 31.7 Å². The zero-order valence-corrected chi connectivity index (χ0v) is 18.2. The summed E-state index contributed by atoms with van der Waals surface area (Å²) in [6, 6.07) is 27.2. The molecular formula is C28H26N2O2. The molecule has 0 N–H and O–H groups in total. The molecule has 1 aliphatic rings. The predicted molar refractivity (Wildman–Crippen MR) is 130 cm³/mol. The highest BCUT2D eigenvalue weighted by molar-refractivity contribution is 6.21. The second kappa shape index (κ2) is 8.46. The molecule has 3 amide bonds. The highest BCUT2D eigenvalue weighted by Crippen LogP contribution is 2.28. The first-order chi connectivity index (χ1) is 15.6. The molecule has 32 heavy (non-hydrogen) atoms. The number of benzene rings is 4. The lowest BCUT2D eigenvalue weighted by Gasteiger charge is -2.31. The van der Waals surface area contributed by atoms with Gasteiger partial charge in [0.05, 0.1) is 5.69 Å². The Hall–Kier alpha value is -3.66. The molecule has 160 valence electrons. The molecular weight excluding hydrogens is 396 g/mol. The van der Waals surface area contributed by atoms with Gasteiger partial charge in [-0.1, -0.05) is 73.5 Å². The maximum Gasteiger partial charge on any atom is 0.331 e. The average Bonchev–Trinajstić information content (AvgIpc) is 3.38. The molecule has 5 rings (SSSR count). The number of carbonyl (C=O) groups excluding carboxylic acids is 2. The minimum Gasteiger partial charge on any atom is -0.324 e. The molecule has 0 radical (unpaired) electrons. The third kappa shape index (κ3) is 3.73. The number of amides is 3. The maximum atomic E-state index is 13.8. The number of carbonyl (C=O) groups is 2. The van der Waals surface area contributed by atoms with E-state index in [1.165, 1.54) is 4.90 Å². The fourth-order valence-corrected chi connectivity index (χ4v) is 4.69. The van der Waals surface area contributed by atoms with Crippen LogP contribution in [0, 0.1) is 0 Å². The van der Waals surface area contributed by atoms with Gasteiger partial charge < -0.3 is 4.90 Å². The molecule has 1 fully saturated rings.